The summed E-state index contributed by atoms with van der Waals surface area (Å²) in [5, 5.41) is 24.3. The predicted octanol–water partition coefficient (Wildman–Crippen LogP) is 5.17. The average Bonchev–Trinajstić information content (AvgIpc) is 2.62. The zero-order valence-corrected chi connectivity index (χ0v) is 16.8. The molecule has 2 aromatic rings. The van der Waals surface area contributed by atoms with Crippen molar-refractivity contribution in [3.8, 4) is 0 Å². The van der Waals surface area contributed by atoms with Gasteiger partial charge in [-0.3, -0.25) is 10.1 Å². The number of thiocarbonyl (C=S) groups is 1. The van der Waals surface area contributed by atoms with Gasteiger partial charge in [0.25, 0.3) is 5.69 Å². The smallest absolute Gasteiger partial charge is 0.344 e. The van der Waals surface area contributed by atoms with Crippen molar-refractivity contribution in [3.05, 3.63) is 73.8 Å². The van der Waals surface area contributed by atoms with E-state index in [2.05, 4.69) is 5.32 Å². The molecule has 0 atom stereocenters. The zero-order chi connectivity index (χ0) is 20.8. The molecule has 2 N–H and O–H groups in total. The number of para-hydroxylation sites is 1. The Bertz CT molecular complexity index is 964. The summed E-state index contributed by atoms with van der Waals surface area (Å²) in [6.07, 6.45) is 0. The van der Waals surface area contributed by atoms with E-state index in [4.69, 9.17) is 40.2 Å². The van der Waals surface area contributed by atoms with Crippen LogP contribution >= 0.6 is 35.4 Å². The Morgan fingerprint density at radius 2 is 1.89 bits per heavy atom. The van der Waals surface area contributed by atoms with E-state index in [1.54, 1.807) is 37.3 Å². The quantitative estimate of drug-likeness (QED) is 0.159. The van der Waals surface area contributed by atoms with E-state index in [1.807, 2.05) is 0 Å². The predicted molar refractivity (Wildman–Crippen MR) is 112 cm³/mol. The molecule has 0 amide bonds. The molecule has 0 bridgehead atoms. The van der Waals surface area contributed by atoms with Crippen molar-refractivity contribution >= 4 is 63.5 Å². The molecular weight excluding hydrogens is 427 g/mol. The maximum Gasteiger partial charge on any atom is 0.344 e. The third-order valence-corrected chi connectivity index (χ3v) is 4.39. The number of carbonyl (C=O) groups is 1. The SMILES string of the molecule is CCOC(=O)/C(C(=S)Nc1ccccc1)=C(\O)c1cc([N+](=O)[O-])c(Cl)cc1Cl. The van der Waals surface area contributed by atoms with Gasteiger partial charge < -0.3 is 15.2 Å². The normalized spacial score (nSPS) is 11.4. The highest BCUT2D eigenvalue weighted by Crippen LogP contribution is 2.35. The van der Waals surface area contributed by atoms with Crippen molar-refractivity contribution < 1.29 is 19.6 Å². The number of nitrogens with one attached hydrogen (secondary N) is 1. The number of hydrogen-bond donors (Lipinski definition) is 2. The van der Waals surface area contributed by atoms with Crippen molar-refractivity contribution in [2.45, 2.75) is 6.92 Å². The van der Waals surface area contributed by atoms with E-state index < -0.39 is 22.3 Å². The number of carbonyl (C=O) groups excluding carboxylic acids is 1. The second-order valence-corrected chi connectivity index (χ2v) is 6.53. The Balaban J connectivity index is 2.59. The first-order valence-corrected chi connectivity index (χ1v) is 9.03. The van der Waals surface area contributed by atoms with E-state index in [-0.39, 0.29) is 32.8 Å². The van der Waals surface area contributed by atoms with Crippen LogP contribution in [0.1, 0.15) is 12.5 Å². The number of nitro benzene ring substituents is 1. The lowest BCUT2D eigenvalue weighted by molar-refractivity contribution is -0.384. The van der Waals surface area contributed by atoms with Gasteiger partial charge in [-0.15, -0.1) is 0 Å². The fourth-order valence-corrected chi connectivity index (χ4v) is 3.05. The molecule has 0 unspecified atom stereocenters. The Morgan fingerprint density at radius 1 is 1.25 bits per heavy atom. The van der Waals surface area contributed by atoms with Crippen molar-refractivity contribution in [2.24, 2.45) is 0 Å². The van der Waals surface area contributed by atoms with E-state index >= 15 is 0 Å². The summed E-state index contributed by atoms with van der Waals surface area (Å²) < 4.78 is 4.96. The lowest BCUT2D eigenvalue weighted by Gasteiger charge is -2.14. The van der Waals surface area contributed by atoms with Crippen molar-refractivity contribution in [1.29, 1.82) is 0 Å². The Kier molecular flexibility index (Phi) is 7.33. The molecule has 7 nitrogen and oxygen atoms in total. The minimum atomic E-state index is -0.915. The number of anilines is 1. The van der Waals surface area contributed by atoms with Crippen LogP contribution in [0.2, 0.25) is 10.0 Å². The van der Waals surface area contributed by atoms with Gasteiger partial charge in [0.15, 0.2) is 0 Å². The monoisotopic (exact) mass is 440 g/mol. The number of esters is 1. The fraction of sp³-hybridized carbons (Fsp3) is 0.111. The van der Waals surface area contributed by atoms with Crippen LogP contribution in [0.5, 0.6) is 0 Å². The summed E-state index contributed by atoms with van der Waals surface area (Å²) >= 11 is 17.1. The minimum Gasteiger partial charge on any atom is -0.506 e. The van der Waals surface area contributed by atoms with Gasteiger partial charge in [-0.1, -0.05) is 53.6 Å². The second-order valence-electron chi connectivity index (χ2n) is 5.30. The third kappa shape index (κ3) is 4.98. The molecule has 0 heterocycles. The molecule has 146 valence electrons. The third-order valence-electron chi connectivity index (χ3n) is 3.46. The fourth-order valence-electron chi connectivity index (χ4n) is 2.21. The zero-order valence-electron chi connectivity index (χ0n) is 14.4. The van der Waals surface area contributed by atoms with Crippen LogP contribution in [0, 0.1) is 10.1 Å². The summed E-state index contributed by atoms with van der Waals surface area (Å²) in [7, 11) is 0. The van der Waals surface area contributed by atoms with Gasteiger partial charge in [-0.25, -0.2) is 4.79 Å². The molecule has 0 saturated heterocycles. The van der Waals surface area contributed by atoms with Crippen LogP contribution in [-0.2, 0) is 9.53 Å². The molecule has 10 heteroatoms. The largest absolute Gasteiger partial charge is 0.506 e. The maximum atomic E-state index is 12.4. The van der Waals surface area contributed by atoms with Gasteiger partial charge in [0.1, 0.15) is 21.3 Å². The number of ether oxygens (including phenoxy) is 1. The van der Waals surface area contributed by atoms with Gasteiger partial charge >= 0.3 is 5.97 Å². The first-order chi connectivity index (χ1) is 13.3. The number of nitro groups is 1. The van der Waals surface area contributed by atoms with Gasteiger partial charge in [0, 0.05) is 17.3 Å². The van der Waals surface area contributed by atoms with Crippen LogP contribution in [0.3, 0.4) is 0 Å². The van der Waals surface area contributed by atoms with Gasteiger partial charge in [-0.05, 0) is 25.1 Å². The number of nitrogens with zero attached hydrogens (tertiary/aromatic N) is 1. The number of rotatable bonds is 6. The number of aliphatic hydroxyl groups is 1. The lowest BCUT2D eigenvalue weighted by Crippen LogP contribution is -2.22. The molecule has 2 aromatic carbocycles. The topological polar surface area (TPSA) is 102 Å². The molecule has 0 fully saturated rings. The van der Waals surface area contributed by atoms with Gasteiger partial charge in [0.05, 0.1) is 16.6 Å². The first kappa shape index (κ1) is 21.6. The highest BCUT2D eigenvalue weighted by molar-refractivity contribution is 7.81. The second kappa shape index (κ2) is 9.50. The molecule has 0 spiro atoms. The summed E-state index contributed by atoms with van der Waals surface area (Å²) in [5.41, 5.74) is -0.495. The highest BCUT2D eigenvalue weighted by Gasteiger charge is 2.26. The van der Waals surface area contributed by atoms with Crippen LogP contribution < -0.4 is 5.32 Å². The van der Waals surface area contributed by atoms with Gasteiger partial charge in [-0.2, -0.15) is 0 Å². The standard InChI is InChI=1S/C18H14Cl2N2O5S/c1-2-27-18(24)15(17(28)21-10-6-4-3-5-7-10)16(23)11-8-14(22(25)26)13(20)9-12(11)19/h3-9,23H,2H2,1H3,(H,21,28)/b16-15-. The van der Waals surface area contributed by atoms with E-state index in [0.29, 0.717) is 5.69 Å². The van der Waals surface area contributed by atoms with Crippen LogP contribution in [0.25, 0.3) is 5.76 Å². The molecular formula is C18H14Cl2N2O5S. The number of halogens is 2. The Morgan fingerprint density at radius 3 is 2.46 bits per heavy atom. The van der Waals surface area contributed by atoms with Crippen molar-refractivity contribution in [3.63, 3.8) is 0 Å². The van der Waals surface area contributed by atoms with Crippen LogP contribution in [0.4, 0.5) is 11.4 Å². The lowest BCUT2D eigenvalue weighted by atomic mass is 10.1. The minimum absolute atomic E-state index is 0.0259. The molecule has 0 radical (unpaired) electrons. The molecule has 0 aromatic heterocycles. The van der Waals surface area contributed by atoms with E-state index in [9.17, 15) is 20.0 Å². The molecule has 2 rings (SSSR count). The Labute approximate surface area is 175 Å². The summed E-state index contributed by atoms with van der Waals surface area (Å²) in [4.78, 5) is 22.7. The van der Waals surface area contributed by atoms with E-state index in [0.717, 1.165) is 12.1 Å². The van der Waals surface area contributed by atoms with Crippen LogP contribution in [0.15, 0.2) is 48.0 Å². The first-order valence-electron chi connectivity index (χ1n) is 7.86. The number of hydrogen-bond acceptors (Lipinski definition) is 6. The van der Waals surface area contributed by atoms with Crippen molar-refractivity contribution in [2.75, 3.05) is 11.9 Å². The van der Waals surface area contributed by atoms with Crippen LogP contribution in [-0.4, -0.2) is 27.6 Å². The average molecular weight is 441 g/mol. The Hall–Kier alpha value is -2.68. The summed E-state index contributed by atoms with van der Waals surface area (Å²) in [6.45, 7) is 1.61. The van der Waals surface area contributed by atoms with Crippen molar-refractivity contribution in [1.82, 2.24) is 0 Å². The molecule has 28 heavy (non-hydrogen) atoms. The van der Waals surface area contributed by atoms with Gasteiger partial charge in [0.2, 0.25) is 0 Å². The molecule has 0 aliphatic carbocycles. The summed E-state index contributed by atoms with van der Waals surface area (Å²) in [5.74, 6) is -1.58. The highest BCUT2D eigenvalue weighted by atomic mass is 35.5. The maximum absolute atomic E-state index is 12.4. The van der Waals surface area contributed by atoms with E-state index in [1.165, 1.54) is 0 Å². The molecule has 0 aliphatic rings. The number of benzene rings is 2. The molecule has 0 aliphatic heterocycles. The number of aliphatic hydroxyl groups excluding tert-OH is 1. The summed E-state index contributed by atoms with van der Waals surface area (Å²) in [6, 6.07) is 10.8. The molecule has 0 saturated carbocycles.